The number of hydrogen-bond donors (Lipinski definition) is 6. The van der Waals surface area contributed by atoms with Crippen LogP contribution in [0.25, 0.3) is 0 Å². The van der Waals surface area contributed by atoms with Crippen molar-refractivity contribution in [2.24, 2.45) is 0 Å². The van der Waals surface area contributed by atoms with Crippen molar-refractivity contribution in [3.63, 3.8) is 0 Å². The van der Waals surface area contributed by atoms with E-state index >= 15 is 0 Å². The molecule has 0 aromatic carbocycles. The number of amides is 1. The van der Waals surface area contributed by atoms with Gasteiger partial charge in [0.05, 0.1) is 25.4 Å². The number of allylic oxidation sites excluding steroid dienone is 15. The predicted octanol–water partition coefficient (Wildman–Crippen LogP) is 18.6. The molecule has 11 nitrogen and oxygen atoms in total. The van der Waals surface area contributed by atoms with E-state index in [2.05, 4.69) is 111 Å². The summed E-state index contributed by atoms with van der Waals surface area (Å²) in [7, 11) is 0. The molecule has 1 aliphatic rings. The van der Waals surface area contributed by atoms with Crippen LogP contribution in [0, 0.1) is 0 Å². The first-order valence-corrected chi connectivity index (χ1v) is 36.0. The van der Waals surface area contributed by atoms with Gasteiger partial charge in [-0.3, -0.25) is 9.59 Å². The SMILES string of the molecule is CC/C=C\C/C=C\C/C=C\C/C=C\C/C=C\CCCCCCCCCCCCCC(=O)OC1C(OCC(NC(=O)C(O)CCCCCCCCCC/C=C\C/C=C\CCCCC)C(O)/C=C/CCCCCCCCCCCCC)OC(CO)C(O)C1O. The molecule has 11 heteroatoms. The Morgan fingerprint density at radius 2 is 0.828 bits per heavy atom. The van der Waals surface area contributed by atoms with Crippen molar-refractivity contribution >= 4 is 11.9 Å². The van der Waals surface area contributed by atoms with Crippen molar-refractivity contribution in [1.82, 2.24) is 5.32 Å². The number of esters is 1. The Morgan fingerprint density at radius 3 is 1.26 bits per heavy atom. The van der Waals surface area contributed by atoms with Crippen LogP contribution in [0.4, 0.5) is 0 Å². The summed E-state index contributed by atoms with van der Waals surface area (Å²) in [5.74, 6) is -1.20. The number of rotatable bonds is 61. The molecule has 87 heavy (non-hydrogen) atoms. The topological polar surface area (TPSA) is 175 Å². The normalized spacial score (nSPS) is 18.8. The lowest BCUT2D eigenvalue weighted by molar-refractivity contribution is -0.305. The predicted molar refractivity (Wildman–Crippen MR) is 365 cm³/mol. The Bertz CT molecular complexity index is 1790. The zero-order valence-electron chi connectivity index (χ0n) is 55.9. The summed E-state index contributed by atoms with van der Waals surface area (Å²) >= 11 is 0. The number of ether oxygens (including phenoxy) is 3. The number of aliphatic hydroxyl groups excluding tert-OH is 5. The van der Waals surface area contributed by atoms with Gasteiger partial charge >= 0.3 is 5.97 Å². The third-order valence-electron chi connectivity index (χ3n) is 16.5. The number of unbranched alkanes of at least 4 members (excludes halogenated alkanes) is 33. The second-order valence-electron chi connectivity index (χ2n) is 24.6. The van der Waals surface area contributed by atoms with Crippen molar-refractivity contribution in [1.29, 1.82) is 0 Å². The summed E-state index contributed by atoms with van der Waals surface area (Å²) in [4.78, 5) is 26.7. The van der Waals surface area contributed by atoms with E-state index in [0.717, 1.165) is 109 Å². The largest absolute Gasteiger partial charge is 0.454 e. The molecular weight excluding hydrogens is 1090 g/mol. The zero-order valence-corrected chi connectivity index (χ0v) is 55.9. The lowest BCUT2D eigenvalue weighted by atomic mass is 9.99. The number of nitrogens with one attached hydrogen (secondary N) is 1. The molecule has 1 amide bonds. The Morgan fingerprint density at radius 1 is 0.460 bits per heavy atom. The van der Waals surface area contributed by atoms with Gasteiger partial charge in [-0.15, -0.1) is 0 Å². The molecule has 0 aromatic rings. The summed E-state index contributed by atoms with van der Waals surface area (Å²) in [6.07, 6.45) is 74.4. The van der Waals surface area contributed by atoms with Crippen LogP contribution in [0.1, 0.15) is 310 Å². The van der Waals surface area contributed by atoms with Crippen LogP contribution in [0.5, 0.6) is 0 Å². The third kappa shape index (κ3) is 50.0. The van der Waals surface area contributed by atoms with Gasteiger partial charge in [0.15, 0.2) is 12.4 Å². The molecule has 0 radical (unpaired) electrons. The minimum absolute atomic E-state index is 0.115. The minimum Gasteiger partial charge on any atom is -0.454 e. The standard InChI is InChI=1S/C76H133NO10/c1-4-7-10-13-16-19-22-25-27-29-31-32-33-34-35-36-37-38-39-41-43-46-49-52-55-58-61-64-71(81)87-74-73(83)72(82)70(65-78)86-76(74)85-66-67(68(79)62-59-56-53-50-47-44-24-21-18-15-12-9-6-3)77-75(84)69(80)63-60-57-54-51-48-45-42-40-30-28-26-23-20-17-14-11-8-5-2/h7,10,16-17,19-20,25-28,31-32,34-35,59,62,67-70,72-74,76,78-80,82-83H,4-6,8-9,11-15,18,21-24,29-30,33,36-58,60-61,63-66H2,1-3H3,(H,77,84)/b10-7-,19-16-,20-17-,27-25-,28-26-,32-31-,35-34-,62-59+. The van der Waals surface area contributed by atoms with Crippen LogP contribution in [-0.4, -0.2) is 99.6 Å². The Kier molecular flexibility index (Phi) is 58.9. The first kappa shape index (κ1) is 81.6. The highest BCUT2D eigenvalue weighted by Crippen LogP contribution is 2.26. The van der Waals surface area contributed by atoms with Crippen LogP contribution in [0.2, 0.25) is 0 Å². The van der Waals surface area contributed by atoms with Gasteiger partial charge in [0.1, 0.15) is 24.4 Å². The highest BCUT2D eigenvalue weighted by Gasteiger charge is 2.47. The van der Waals surface area contributed by atoms with E-state index in [1.54, 1.807) is 6.08 Å². The van der Waals surface area contributed by atoms with Gasteiger partial charge < -0.3 is 45.1 Å². The monoisotopic (exact) mass is 1220 g/mol. The molecule has 6 N–H and O–H groups in total. The maximum Gasteiger partial charge on any atom is 0.306 e. The van der Waals surface area contributed by atoms with Crippen molar-refractivity contribution in [2.45, 2.75) is 359 Å². The maximum atomic E-state index is 13.5. The average molecular weight is 1220 g/mol. The molecule has 1 saturated heterocycles. The highest BCUT2D eigenvalue weighted by atomic mass is 16.7. The third-order valence-corrected chi connectivity index (χ3v) is 16.5. The molecule has 0 bridgehead atoms. The smallest absolute Gasteiger partial charge is 0.306 e. The number of aliphatic hydroxyl groups is 5. The van der Waals surface area contributed by atoms with E-state index in [1.165, 1.54) is 154 Å². The van der Waals surface area contributed by atoms with Gasteiger partial charge in [0.2, 0.25) is 5.91 Å². The van der Waals surface area contributed by atoms with Gasteiger partial charge in [-0.05, 0) is 103 Å². The van der Waals surface area contributed by atoms with Crippen LogP contribution < -0.4 is 5.32 Å². The second kappa shape index (κ2) is 62.8. The summed E-state index contributed by atoms with van der Waals surface area (Å²) < 4.78 is 17.7. The summed E-state index contributed by atoms with van der Waals surface area (Å²) in [5.41, 5.74) is 0. The molecule has 0 aromatic heterocycles. The van der Waals surface area contributed by atoms with Gasteiger partial charge in [-0.25, -0.2) is 0 Å². The molecule has 8 unspecified atom stereocenters. The number of carbonyl (C=O) groups excluding carboxylic acids is 2. The Labute approximate surface area is 533 Å². The molecular formula is C76H133NO10. The van der Waals surface area contributed by atoms with Crippen molar-refractivity contribution in [3.8, 4) is 0 Å². The fourth-order valence-electron chi connectivity index (χ4n) is 10.8. The summed E-state index contributed by atoms with van der Waals surface area (Å²) in [6, 6.07) is -1.03. The molecule has 0 spiro atoms. The Hall–Kier alpha value is -3.42. The van der Waals surface area contributed by atoms with Crippen LogP contribution in [-0.2, 0) is 23.8 Å². The second-order valence-corrected chi connectivity index (χ2v) is 24.6. The Balaban J connectivity index is 2.57. The van der Waals surface area contributed by atoms with E-state index in [0.29, 0.717) is 12.8 Å². The van der Waals surface area contributed by atoms with E-state index in [-0.39, 0.29) is 19.4 Å². The first-order valence-electron chi connectivity index (χ1n) is 36.0. The highest BCUT2D eigenvalue weighted by molar-refractivity contribution is 5.80. The van der Waals surface area contributed by atoms with E-state index in [1.807, 2.05) is 6.08 Å². The summed E-state index contributed by atoms with van der Waals surface area (Å²) in [6.45, 7) is 5.68. The lowest BCUT2D eigenvalue weighted by Crippen LogP contribution is -2.61. The van der Waals surface area contributed by atoms with Crippen LogP contribution in [0.3, 0.4) is 0 Å². The molecule has 1 aliphatic heterocycles. The van der Waals surface area contributed by atoms with Crippen molar-refractivity contribution < 1.29 is 49.3 Å². The van der Waals surface area contributed by atoms with E-state index < -0.39 is 67.4 Å². The van der Waals surface area contributed by atoms with Crippen molar-refractivity contribution in [3.05, 3.63) is 97.2 Å². The molecule has 1 heterocycles. The average Bonchev–Trinajstić information content (AvgIpc) is 2.51. The molecule has 502 valence electrons. The molecule has 1 fully saturated rings. The van der Waals surface area contributed by atoms with E-state index in [4.69, 9.17) is 14.2 Å². The van der Waals surface area contributed by atoms with Gasteiger partial charge in [-0.1, -0.05) is 298 Å². The number of carbonyl (C=O) groups is 2. The quantitative estimate of drug-likeness (QED) is 0.0195. The van der Waals surface area contributed by atoms with Gasteiger partial charge in [-0.2, -0.15) is 0 Å². The molecule has 0 saturated carbocycles. The van der Waals surface area contributed by atoms with Crippen LogP contribution >= 0.6 is 0 Å². The van der Waals surface area contributed by atoms with E-state index in [9.17, 15) is 35.1 Å². The lowest BCUT2D eigenvalue weighted by Gasteiger charge is -2.41. The zero-order chi connectivity index (χ0) is 63.1. The van der Waals surface area contributed by atoms with Gasteiger partial charge in [0, 0.05) is 6.42 Å². The van der Waals surface area contributed by atoms with Crippen molar-refractivity contribution in [2.75, 3.05) is 13.2 Å². The molecule has 1 rings (SSSR count). The van der Waals surface area contributed by atoms with Gasteiger partial charge in [0.25, 0.3) is 0 Å². The molecule has 0 aliphatic carbocycles. The first-order chi connectivity index (χ1) is 42.7. The minimum atomic E-state index is -1.62. The van der Waals surface area contributed by atoms with Crippen LogP contribution in [0.15, 0.2) is 97.2 Å². The molecule has 8 atom stereocenters. The summed E-state index contributed by atoms with van der Waals surface area (Å²) in [5, 5.41) is 57.3. The fraction of sp³-hybridized carbons (Fsp3) is 0.763. The maximum absolute atomic E-state index is 13.5. The fourth-order valence-corrected chi connectivity index (χ4v) is 10.8. The number of hydrogen-bond acceptors (Lipinski definition) is 10.